The van der Waals surface area contributed by atoms with Gasteiger partial charge in [-0.3, -0.25) is 4.79 Å². The molecule has 20 heavy (non-hydrogen) atoms. The normalized spacial score (nSPS) is 23.6. The fourth-order valence-electron chi connectivity index (χ4n) is 2.38. The van der Waals surface area contributed by atoms with Crippen molar-refractivity contribution in [3.05, 3.63) is 11.9 Å². The molecule has 2 heterocycles. The van der Waals surface area contributed by atoms with Crippen LogP contribution in [0.5, 0.6) is 0 Å². The first kappa shape index (κ1) is 14.8. The van der Waals surface area contributed by atoms with E-state index in [4.69, 9.17) is 5.73 Å². The standard InChI is InChI=1S/C11H16F3N5O/c1-7(2)19-8(5-16-17-19)10(15)3-4-18(6-10)9(20)11(12,13)14/h5,7H,3-4,6,15H2,1-2H3. The van der Waals surface area contributed by atoms with Crippen LogP contribution in [0.1, 0.15) is 32.0 Å². The fraction of sp³-hybridized carbons (Fsp3) is 0.727. The molecule has 1 atom stereocenters. The van der Waals surface area contributed by atoms with E-state index in [0.717, 1.165) is 4.90 Å². The number of carbonyl (C=O) groups is 1. The van der Waals surface area contributed by atoms with E-state index in [9.17, 15) is 18.0 Å². The number of nitrogens with zero attached hydrogens (tertiary/aromatic N) is 4. The van der Waals surface area contributed by atoms with Gasteiger partial charge in [0.05, 0.1) is 17.4 Å². The van der Waals surface area contributed by atoms with E-state index < -0.39 is 17.6 Å². The van der Waals surface area contributed by atoms with Gasteiger partial charge in [0.25, 0.3) is 0 Å². The molecule has 6 nitrogen and oxygen atoms in total. The summed E-state index contributed by atoms with van der Waals surface area (Å²) in [5, 5.41) is 7.64. The number of halogens is 3. The third-order valence-corrected chi connectivity index (χ3v) is 3.40. The van der Waals surface area contributed by atoms with Crippen LogP contribution in [0.3, 0.4) is 0 Å². The summed E-state index contributed by atoms with van der Waals surface area (Å²) in [5.74, 6) is -1.85. The van der Waals surface area contributed by atoms with Crippen LogP contribution in [0.15, 0.2) is 6.20 Å². The Hall–Kier alpha value is -1.64. The number of hydrogen-bond acceptors (Lipinski definition) is 4. The SMILES string of the molecule is CC(C)n1nncc1C1(N)CCN(C(=O)C(F)(F)F)C1. The number of alkyl halides is 3. The average Bonchev–Trinajstić information content (AvgIpc) is 2.93. The van der Waals surface area contributed by atoms with E-state index in [-0.39, 0.29) is 25.6 Å². The van der Waals surface area contributed by atoms with Crippen molar-refractivity contribution in [2.75, 3.05) is 13.1 Å². The number of hydrogen-bond donors (Lipinski definition) is 1. The van der Waals surface area contributed by atoms with Crippen molar-refractivity contribution in [1.82, 2.24) is 19.9 Å². The maximum Gasteiger partial charge on any atom is 0.471 e. The first-order valence-electron chi connectivity index (χ1n) is 6.21. The molecule has 0 aliphatic carbocycles. The summed E-state index contributed by atoms with van der Waals surface area (Å²) in [4.78, 5) is 12.0. The summed E-state index contributed by atoms with van der Waals surface area (Å²) in [6.07, 6.45) is -3.18. The summed E-state index contributed by atoms with van der Waals surface area (Å²) in [5.41, 5.74) is 5.67. The molecule has 1 aliphatic heterocycles. The summed E-state index contributed by atoms with van der Waals surface area (Å²) in [7, 11) is 0. The van der Waals surface area contributed by atoms with Crippen molar-refractivity contribution < 1.29 is 18.0 Å². The highest BCUT2D eigenvalue weighted by Gasteiger charge is 2.49. The number of rotatable bonds is 2. The van der Waals surface area contributed by atoms with Crippen LogP contribution in [0.2, 0.25) is 0 Å². The van der Waals surface area contributed by atoms with Gasteiger partial charge in [-0.2, -0.15) is 13.2 Å². The van der Waals surface area contributed by atoms with E-state index in [2.05, 4.69) is 10.3 Å². The quantitative estimate of drug-likeness (QED) is 0.874. The van der Waals surface area contributed by atoms with E-state index in [1.807, 2.05) is 13.8 Å². The maximum atomic E-state index is 12.4. The van der Waals surface area contributed by atoms with Crippen LogP contribution < -0.4 is 5.73 Å². The van der Waals surface area contributed by atoms with Crippen molar-refractivity contribution >= 4 is 5.91 Å². The summed E-state index contributed by atoms with van der Waals surface area (Å²) < 4.78 is 38.9. The molecule has 1 aliphatic rings. The van der Waals surface area contributed by atoms with Crippen LogP contribution in [-0.4, -0.2) is 45.1 Å². The summed E-state index contributed by atoms with van der Waals surface area (Å²) in [6.45, 7) is 3.52. The molecule has 1 aromatic rings. The molecule has 1 unspecified atom stereocenters. The molecular formula is C11H16F3N5O. The minimum Gasteiger partial charge on any atom is -0.333 e. The Morgan fingerprint density at radius 2 is 2.15 bits per heavy atom. The lowest BCUT2D eigenvalue weighted by molar-refractivity contribution is -0.184. The Bertz CT molecular complexity index is 512. The van der Waals surface area contributed by atoms with Crippen molar-refractivity contribution in [1.29, 1.82) is 0 Å². The first-order valence-corrected chi connectivity index (χ1v) is 6.21. The second kappa shape index (κ2) is 4.72. The van der Waals surface area contributed by atoms with E-state index in [0.29, 0.717) is 5.69 Å². The molecule has 112 valence electrons. The van der Waals surface area contributed by atoms with Gasteiger partial charge in [-0.25, -0.2) is 4.68 Å². The lowest BCUT2D eigenvalue weighted by atomic mass is 9.96. The molecule has 0 aromatic carbocycles. The third kappa shape index (κ3) is 2.49. The van der Waals surface area contributed by atoms with Crippen LogP contribution >= 0.6 is 0 Å². The Morgan fingerprint density at radius 3 is 2.70 bits per heavy atom. The van der Waals surface area contributed by atoms with Crippen LogP contribution in [0.25, 0.3) is 0 Å². The number of carbonyl (C=O) groups excluding carboxylic acids is 1. The largest absolute Gasteiger partial charge is 0.471 e. The van der Waals surface area contributed by atoms with Gasteiger partial charge in [0.1, 0.15) is 0 Å². The van der Waals surface area contributed by atoms with Crippen molar-refractivity contribution in [3.63, 3.8) is 0 Å². The summed E-state index contributed by atoms with van der Waals surface area (Å²) >= 11 is 0. The topological polar surface area (TPSA) is 77.0 Å². The predicted molar refractivity (Wildman–Crippen MR) is 63.5 cm³/mol. The molecule has 1 amide bonds. The fourth-order valence-corrected chi connectivity index (χ4v) is 2.38. The van der Waals surface area contributed by atoms with Gasteiger partial charge in [0.15, 0.2) is 0 Å². The Morgan fingerprint density at radius 1 is 1.50 bits per heavy atom. The zero-order chi connectivity index (χ0) is 15.1. The predicted octanol–water partition coefficient (Wildman–Crippen LogP) is 0.808. The van der Waals surface area contributed by atoms with Crippen molar-refractivity contribution in [2.45, 2.75) is 38.0 Å². The molecule has 0 bridgehead atoms. The van der Waals surface area contributed by atoms with Gasteiger partial charge in [-0.15, -0.1) is 5.10 Å². The maximum absolute atomic E-state index is 12.4. The lowest BCUT2D eigenvalue weighted by Gasteiger charge is -2.26. The molecule has 1 saturated heterocycles. The third-order valence-electron chi connectivity index (χ3n) is 3.40. The second-order valence-corrected chi connectivity index (χ2v) is 5.29. The second-order valence-electron chi connectivity index (χ2n) is 5.29. The molecule has 9 heteroatoms. The molecule has 0 saturated carbocycles. The summed E-state index contributed by atoms with van der Waals surface area (Å²) in [6, 6.07) is -0.0136. The zero-order valence-electron chi connectivity index (χ0n) is 11.2. The van der Waals surface area contributed by atoms with Gasteiger partial charge in [0, 0.05) is 19.1 Å². The lowest BCUT2D eigenvalue weighted by Crippen LogP contribution is -2.46. The minimum atomic E-state index is -4.87. The molecule has 0 spiro atoms. The van der Waals surface area contributed by atoms with Gasteiger partial charge in [0.2, 0.25) is 0 Å². The number of nitrogens with two attached hydrogens (primary N) is 1. The Balaban J connectivity index is 2.22. The monoisotopic (exact) mass is 291 g/mol. The van der Waals surface area contributed by atoms with Gasteiger partial charge in [-0.1, -0.05) is 5.21 Å². The first-order chi connectivity index (χ1) is 9.15. The highest BCUT2D eigenvalue weighted by molar-refractivity contribution is 5.82. The van der Waals surface area contributed by atoms with Crippen LogP contribution in [0.4, 0.5) is 13.2 Å². The Labute approximate surface area is 113 Å². The van der Waals surface area contributed by atoms with E-state index in [1.165, 1.54) is 6.20 Å². The molecule has 2 N–H and O–H groups in total. The number of amides is 1. The molecule has 1 fully saturated rings. The number of aromatic nitrogens is 3. The van der Waals surface area contributed by atoms with Gasteiger partial charge in [-0.05, 0) is 20.3 Å². The molecular weight excluding hydrogens is 275 g/mol. The van der Waals surface area contributed by atoms with Gasteiger partial charge >= 0.3 is 12.1 Å². The van der Waals surface area contributed by atoms with E-state index >= 15 is 0 Å². The van der Waals surface area contributed by atoms with Crippen LogP contribution in [0, 0.1) is 0 Å². The smallest absolute Gasteiger partial charge is 0.333 e. The van der Waals surface area contributed by atoms with Crippen molar-refractivity contribution in [3.8, 4) is 0 Å². The molecule has 1 aromatic heterocycles. The highest BCUT2D eigenvalue weighted by atomic mass is 19.4. The average molecular weight is 291 g/mol. The Kier molecular flexibility index (Phi) is 3.49. The van der Waals surface area contributed by atoms with Crippen molar-refractivity contribution in [2.24, 2.45) is 5.73 Å². The zero-order valence-corrected chi connectivity index (χ0v) is 11.2. The van der Waals surface area contributed by atoms with Crippen LogP contribution in [-0.2, 0) is 10.3 Å². The minimum absolute atomic E-state index is 0.0136. The number of likely N-dealkylation sites (tertiary alicyclic amines) is 1. The van der Waals surface area contributed by atoms with Gasteiger partial charge < -0.3 is 10.6 Å². The molecule has 0 radical (unpaired) electrons. The molecule has 2 rings (SSSR count). The van der Waals surface area contributed by atoms with E-state index in [1.54, 1.807) is 4.68 Å². The highest BCUT2D eigenvalue weighted by Crippen LogP contribution is 2.32.